The summed E-state index contributed by atoms with van der Waals surface area (Å²) >= 11 is 1.33. The number of benzene rings is 1. The van der Waals surface area contributed by atoms with Gasteiger partial charge in [0.2, 0.25) is 5.91 Å². The third kappa shape index (κ3) is 4.60. The molecule has 1 aliphatic heterocycles. The van der Waals surface area contributed by atoms with E-state index in [0.29, 0.717) is 28.1 Å². The Bertz CT molecular complexity index is 773. The van der Waals surface area contributed by atoms with Gasteiger partial charge in [0.1, 0.15) is 5.75 Å². The normalized spacial score (nSPS) is 17.0. The van der Waals surface area contributed by atoms with Crippen LogP contribution < -0.4 is 10.1 Å². The van der Waals surface area contributed by atoms with Crippen LogP contribution in [0.5, 0.6) is 5.75 Å². The second-order valence-electron chi connectivity index (χ2n) is 6.59. The van der Waals surface area contributed by atoms with E-state index in [-0.39, 0.29) is 18.2 Å². The van der Waals surface area contributed by atoms with Gasteiger partial charge in [-0.3, -0.25) is 14.9 Å². The maximum Gasteiger partial charge on any atom is 0.257 e. The van der Waals surface area contributed by atoms with Gasteiger partial charge in [0.25, 0.3) is 5.91 Å². The predicted octanol–water partition coefficient (Wildman–Crippen LogP) is 3.21. The molecule has 2 amide bonds. The lowest BCUT2D eigenvalue weighted by Gasteiger charge is -2.30. The minimum absolute atomic E-state index is 0.106. The minimum Gasteiger partial charge on any atom is -0.497 e. The van der Waals surface area contributed by atoms with Crippen molar-refractivity contribution >= 4 is 28.3 Å². The summed E-state index contributed by atoms with van der Waals surface area (Å²) in [6.07, 6.45) is 2.52. The maximum absolute atomic E-state index is 12.4. The van der Waals surface area contributed by atoms with Crippen LogP contribution in [0.4, 0.5) is 5.13 Å². The smallest absolute Gasteiger partial charge is 0.257 e. The van der Waals surface area contributed by atoms with E-state index in [1.165, 1.54) is 17.8 Å². The van der Waals surface area contributed by atoms with Crippen LogP contribution in [-0.2, 0) is 11.2 Å². The summed E-state index contributed by atoms with van der Waals surface area (Å²) in [5.41, 5.74) is 1.23. The molecule has 0 spiro atoms. The summed E-state index contributed by atoms with van der Waals surface area (Å²) in [6, 6.07) is 6.87. The summed E-state index contributed by atoms with van der Waals surface area (Å²) in [4.78, 5) is 31.0. The first kappa shape index (κ1) is 18.4. The summed E-state index contributed by atoms with van der Waals surface area (Å²) in [5, 5.41) is 5.11. The van der Waals surface area contributed by atoms with Gasteiger partial charge >= 0.3 is 0 Å². The van der Waals surface area contributed by atoms with Crippen molar-refractivity contribution in [2.45, 2.75) is 26.2 Å². The van der Waals surface area contributed by atoms with Gasteiger partial charge in [0.15, 0.2) is 5.13 Å². The maximum atomic E-state index is 12.4. The van der Waals surface area contributed by atoms with Crippen molar-refractivity contribution < 1.29 is 14.3 Å². The predicted molar refractivity (Wildman–Crippen MR) is 102 cm³/mol. The number of ether oxygens (including phenoxy) is 1. The number of anilines is 1. The Labute approximate surface area is 157 Å². The molecule has 0 bridgehead atoms. The lowest BCUT2D eigenvalue weighted by molar-refractivity contribution is -0.132. The van der Waals surface area contributed by atoms with E-state index in [4.69, 9.17) is 4.74 Å². The zero-order chi connectivity index (χ0) is 18.5. The molecule has 2 aromatic rings. The molecule has 1 aromatic carbocycles. The van der Waals surface area contributed by atoms with Crippen molar-refractivity contribution in [2.75, 3.05) is 25.5 Å². The Morgan fingerprint density at radius 2 is 2.12 bits per heavy atom. The lowest BCUT2D eigenvalue weighted by atomic mass is 10.00. The number of rotatable bonds is 5. The van der Waals surface area contributed by atoms with Crippen molar-refractivity contribution in [1.82, 2.24) is 9.88 Å². The summed E-state index contributed by atoms with van der Waals surface area (Å²) in [6.45, 7) is 3.83. The summed E-state index contributed by atoms with van der Waals surface area (Å²) < 4.78 is 5.09. The molecule has 6 nitrogen and oxygen atoms in total. The van der Waals surface area contributed by atoms with Gasteiger partial charge in [-0.25, -0.2) is 4.98 Å². The molecule has 1 fully saturated rings. The van der Waals surface area contributed by atoms with E-state index in [0.717, 1.165) is 19.5 Å². The van der Waals surface area contributed by atoms with E-state index in [1.807, 2.05) is 10.3 Å². The second-order valence-corrected chi connectivity index (χ2v) is 7.45. The topological polar surface area (TPSA) is 71.5 Å². The number of hydrogen-bond acceptors (Lipinski definition) is 5. The van der Waals surface area contributed by atoms with Crippen molar-refractivity contribution in [3.63, 3.8) is 0 Å². The van der Waals surface area contributed by atoms with E-state index in [1.54, 1.807) is 31.4 Å². The molecular weight excluding hydrogens is 350 g/mol. The second kappa shape index (κ2) is 8.31. The molecular formula is C19H23N3O3S. The molecule has 138 valence electrons. The van der Waals surface area contributed by atoms with Crippen molar-refractivity contribution in [2.24, 2.45) is 5.92 Å². The molecule has 2 heterocycles. The third-order valence-electron chi connectivity index (χ3n) is 4.47. The number of nitrogens with one attached hydrogen (secondary N) is 1. The zero-order valence-electron chi connectivity index (χ0n) is 15.0. The molecule has 1 N–H and O–H groups in total. The third-order valence-corrected chi connectivity index (χ3v) is 5.27. The highest BCUT2D eigenvalue weighted by Gasteiger charge is 2.21. The molecule has 1 aliphatic rings. The average molecular weight is 373 g/mol. The standard InChI is InChI=1S/C19H23N3O3S/c1-13-4-3-9-22(11-13)17(23)10-15-12-26-19(20-15)21-18(24)14-5-7-16(25-2)8-6-14/h5-8,12-13H,3-4,9-11H2,1-2H3,(H,20,21,24)/t13-/m0/s1. The number of aromatic nitrogens is 1. The fourth-order valence-electron chi connectivity index (χ4n) is 3.04. The van der Waals surface area contributed by atoms with Gasteiger partial charge in [0, 0.05) is 24.0 Å². The largest absolute Gasteiger partial charge is 0.497 e. The highest BCUT2D eigenvalue weighted by molar-refractivity contribution is 7.14. The number of carbonyl (C=O) groups is 2. The number of hydrogen-bond donors (Lipinski definition) is 1. The Morgan fingerprint density at radius 3 is 2.81 bits per heavy atom. The van der Waals surface area contributed by atoms with E-state index in [2.05, 4.69) is 17.2 Å². The minimum atomic E-state index is -0.232. The first-order chi connectivity index (χ1) is 12.5. The van der Waals surface area contributed by atoms with Crippen LogP contribution in [0.3, 0.4) is 0 Å². The molecule has 0 radical (unpaired) electrons. The summed E-state index contributed by atoms with van der Waals surface area (Å²) in [5.74, 6) is 1.13. The van der Waals surface area contributed by atoms with Crippen LogP contribution >= 0.6 is 11.3 Å². The highest BCUT2D eigenvalue weighted by atomic mass is 32.1. The molecule has 0 unspecified atom stereocenters. The van der Waals surface area contributed by atoms with Crippen LogP contribution in [0.1, 0.15) is 35.8 Å². The Hall–Kier alpha value is -2.41. The van der Waals surface area contributed by atoms with E-state index < -0.39 is 0 Å². The fraction of sp³-hybridized carbons (Fsp3) is 0.421. The first-order valence-electron chi connectivity index (χ1n) is 8.72. The van der Waals surface area contributed by atoms with Crippen LogP contribution in [-0.4, -0.2) is 41.9 Å². The molecule has 3 rings (SSSR count). The molecule has 1 atom stereocenters. The van der Waals surface area contributed by atoms with Crippen LogP contribution in [0, 0.1) is 5.92 Å². The molecule has 7 heteroatoms. The number of thiazole rings is 1. The number of carbonyl (C=O) groups excluding carboxylic acids is 2. The van der Waals surface area contributed by atoms with Gasteiger partial charge in [0.05, 0.1) is 19.2 Å². The summed E-state index contributed by atoms with van der Waals surface area (Å²) in [7, 11) is 1.58. The first-order valence-corrected chi connectivity index (χ1v) is 9.60. The van der Waals surface area contributed by atoms with Gasteiger partial charge < -0.3 is 9.64 Å². The zero-order valence-corrected chi connectivity index (χ0v) is 15.8. The fourth-order valence-corrected chi connectivity index (χ4v) is 3.75. The quantitative estimate of drug-likeness (QED) is 0.874. The van der Waals surface area contributed by atoms with Crippen molar-refractivity contribution in [3.8, 4) is 5.75 Å². The molecule has 26 heavy (non-hydrogen) atoms. The van der Waals surface area contributed by atoms with E-state index in [9.17, 15) is 9.59 Å². The number of piperidine rings is 1. The number of methoxy groups -OCH3 is 1. The number of likely N-dealkylation sites (tertiary alicyclic amines) is 1. The molecule has 1 aromatic heterocycles. The Morgan fingerprint density at radius 1 is 1.35 bits per heavy atom. The lowest BCUT2D eigenvalue weighted by Crippen LogP contribution is -2.39. The van der Waals surface area contributed by atoms with E-state index >= 15 is 0 Å². The van der Waals surface area contributed by atoms with Crippen LogP contribution in [0.15, 0.2) is 29.6 Å². The SMILES string of the molecule is COc1ccc(C(=O)Nc2nc(CC(=O)N3CCC[C@H](C)C3)cs2)cc1. The number of nitrogens with zero attached hydrogens (tertiary/aromatic N) is 2. The Balaban J connectivity index is 1.57. The average Bonchev–Trinajstić information content (AvgIpc) is 3.08. The van der Waals surface area contributed by atoms with Crippen molar-refractivity contribution in [1.29, 1.82) is 0 Å². The van der Waals surface area contributed by atoms with Crippen LogP contribution in [0.2, 0.25) is 0 Å². The van der Waals surface area contributed by atoms with Crippen molar-refractivity contribution in [3.05, 3.63) is 40.9 Å². The Kier molecular flexibility index (Phi) is 5.88. The monoisotopic (exact) mass is 373 g/mol. The van der Waals surface area contributed by atoms with Gasteiger partial charge in [-0.05, 0) is 43.0 Å². The van der Waals surface area contributed by atoms with Gasteiger partial charge in [-0.1, -0.05) is 6.92 Å². The highest BCUT2D eigenvalue weighted by Crippen LogP contribution is 2.20. The van der Waals surface area contributed by atoms with Crippen LogP contribution in [0.25, 0.3) is 0 Å². The van der Waals surface area contributed by atoms with Gasteiger partial charge in [-0.2, -0.15) is 0 Å². The molecule has 1 saturated heterocycles. The van der Waals surface area contributed by atoms with Gasteiger partial charge in [-0.15, -0.1) is 11.3 Å². The molecule has 0 aliphatic carbocycles. The molecule has 0 saturated carbocycles. The number of amides is 2.